The number of halogens is 1. The van der Waals surface area contributed by atoms with Crippen LogP contribution in [0.5, 0.6) is 0 Å². The quantitative estimate of drug-likeness (QED) is 0.353. The van der Waals surface area contributed by atoms with Crippen molar-refractivity contribution in [3.8, 4) is 22.5 Å². The molecule has 3 aromatic heterocycles. The normalized spacial score (nSPS) is 15.2. The number of pyridine rings is 1. The van der Waals surface area contributed by atoms with Gasteiger partial charge < -0.3 is 5.32 Å². The van der Waals surface area contributed by atoms with Crippen LogP contribution in [0.4, 0.5) is 10.3 Å². The molecule has 0 aliphatic heterocycles. The van der Waals surface area contributed by atoms with Gasteiger partial charge in [-0.25, -0.2) is 27.8 Å². The van der Waals surface area contributed by atoms with Crippen molar-refractivity contribution in [2.45, 2.75) is 38.3 Å². The van der Waals surface area contributed by atoms with Gasteiger partial charge in [0.1, 0.15) is 11.5 Å². The van der Waals surface area contributed by atoms with Crippen molar-refractivity contribution in [1.29, 1.82) is 0 Å². The molecule has 0 saturated heterocycles. The largest absolute Gasteiger partial charge is 0.351 e. The summed E-state index contributed by atoms with van der Waals surface area (Å²) in [5.74, 6) is 0.247. The standard InChI is InChI=1S/C23H23FN6O2S/c24-17-7-5-16(6-8-17)22-21(19-9-11-25-23(28-19)27-18-3-1-2-4-18)20-13-15(14-26-33(31)32)10-12-30(20)29-22/h5-13,18,26H,1-4,14H2,(H,31,32)(H,25,27,28). The fraction of sp³-hybridized carbons (Fsp3) is 0.261. The summed E-state index contributed by atoms with van der Waals surface area (Å²) in [5.41, 5.74) is 4.49. The monoisotopic (exact) mass is 466 g/mol. The van der Waals surface area contributed by atoms with Crippen LogP contribution in [-0.4, -0.2) is 34.4 Å². The van der Waals surface area contributed by atoms with Crippen molar-refractivity contribution in [3.05, 3.63) is 66.2 Å². The van der Waals surface area contributed by atoms with E-state index in [1.807, 2.05) is 18.2 Å². The predicted octanol–water partition coefficient (Wildman–Crippen LogP) is 4.18. The van der Waals surface area contributed by atoms with Crippen molar-refractivity contribution in [2.24, 2.45) is 0 Å². The molecule has 1 unspecified atom stereocenters. The van der Waals surface area contributed by atoms with E-state index < -0.39 is 11.3 Å². The number of anilines is 1. The Morgan fingerprint density at radius 3 is 2.70 bits per heavy atom. The van der Waals surface area contributed by atoms with Crippen LogP contribution in [0.1, 0.15) is 31.2 Å². The Morgan fingerprint density at radius 2 is 1.94 bits per heavy atom. The van der Waals surface area contributed by atoms with Gasteiger partial charge in [-0.15, -0.1) is 0 Å². The highest BCUT2D eigenvalue weighted by atomic mass is 32.2. The van der Waals surface area contributed by atoms with Crippen LogP contribution in [-0.2, 0) is 17.8 Å². The van der Waals surface area contributed by atoms with E-state index in [-0.39, 0.29) is 12.4 Å². The molecule has 0 amide bonds. The van der Waals surface area contributed by atoms with Gasteiger partial charge in [-0.1, -0.05) is 12.8 Å². The highest BCUT2D eigenvalue weighted by molar-refractivity contribution is 7.77. The van der Waals surface area contributed by atoms with Gasteiger partial charge in [0.05, 0.1) is 16.8 Å². The summed E-state index contributed by atoms with van der Waals surface area (Å²) >= 11 is -2.11. The molecule has 8 nitrogen and oxygen atoms in total. The van der Waals surface area contributed by atoms with Gasteiger partial charge in [0.25, 0.3) is 0 Å². The highest BCUT2D eigenvalue weighted by Crippen LogP contribution is 2.35. The molecule has 1 saturated carbocycles. The van der Waals surface area contributed by atoms with Crippen LogP contribution in [0.25, 0.3) is 28.0 Å². The van der Waals surface area contributed by atoms with Crippen molar-refractivity contribution in [3.63, 3.8) is 0 Å². The summed E-state index contributed by atoms with van der Waals surface area (Å²) < 4.78 is 37.9. The second-order valence-electron chi connectivity index (χ2n) is 8.06. The molecule has 1 aliphatic carbocycles. The molecule has 4 aromatic rings. The summed E-state index contributed by atoms with van der Waals surface area (Å²) in [5, 5.41) is 8.17. The van der Waals surface area contributed by atoms with Crippen molar-refractivity contribution in [2.75, 3.05) is 5.32 Å². The maximum atomic E-state index is 13.6. The molecular weight excluding hydrogens is 443 g/mol. The van der Waals surface area contributed by atoms with E-state index in [1.54, 1.807) is 29.0 Å². The number of aromatic nitrogens is 4. The Labute approximate surface area is 192 Å². The van der Waals surface area contributed by atoms with Gasteiger partial charge in [-0.3, -0.25) is 4.55 Å². The second kappa shape index (κ2) is 9.34. The molecule has 10 heteroatoms. The second-order valence-corrected chi connectivity index (χ2v) is 8.84. The Morgan fingerprint density at radius 1 is 1.15 bits per heavy atom. The van der Waals surface area contributed by atoms with E-state index in [0.29, 0.717) is 23.4 Å². The van der Waals surface area contributed by atoms with E-state index in [4.69, 9.17) is 14.6 Å². The molecule has 1 fully saturated rings. The first-order valence-electron chi connectivity index (χ1n) is 10.8. The van der Waals surface area contributed by atoms with Crippen LogP contribution in [0.3, 0.4) is 0 Å². The molecule has 170 valence electrons. The topological polar surface area (TPSA) is 104 Å². The lowest BCUT2D eigenvalue weighted by atomic mass is 10.0. The molecule has 0 radical (unpaired) electrons. The minimum absolute atomic E-state index is 0.217. The van der Waals surface area contributed by atoms with E-state index in [9.17, 15) is 8.60 Å². The zero-order valence-electron chi connectivity index (χ0n) is 17.7. The number of hydrogen-bond acceptors (Lipinski definition) is 5. The molecule has 33 heavy (non-hydrogen) atoms. The molecular formula is C23H23FN6O2S. The summed E-state index contributed by atoms with van der Waals surface area (Å²) in [6.07, 6.45) is 8.13. The number of fused-ring (bicyclic) bond motifs is 1. The predicted molar refractivity (Wildman–Crippen MR) is 125 cm³/mol. The first-order valence-corrected chi connectivity index (χ1v) is 11.9. The van der Waals surface area contributed by atoms with Crippen molar-refractivity contribution in [1.82, 2.24) is 24.3 Å². The maximum absolute atomic E-state index is 13.6. The SMILES string of the molecule is O=S(O)NCc1ccn2nc(-c3ccc(F)cc3)c(-c3ccnc(NC4CCCC4)n3)c2c1. The molecule has 1 aliphatic rings. The number of hydrogen-bond donors (Lipinski definition) is 3. The van der Waals surface area contributed by atoms with E-state index in [2.05, 4.69) is 15.0 Å². The van der Waals surface area contributed by atoms with Crippen molar-refractivity contribution < 1.29 is 13.2 Å². The van der Waals surface area contributed by atoms with Gasteiger partial charge in [0.15, 0.2) is 0 Å². The van der Waals surface area contributed by atoms with Crippen LogP contribution < -0.4 is 10.0 Å². The third-order valence-electron chi connectivity index (χ3n) is 5.82. The Kier molecular flexibility index (Phi) is 6.12. The average molecular weight is 467 g/mol. The van der Waals surface area contributed by atoms with Crippen LogP contribution in [0.15, 0.2) is 54.9 Å². The average Bonchev–Trinajstić information content (AvgIpc) is 3.45. The molecule has 1 atom stereocenters. The lowest BCUT2D eigenvalue weighted by molar-refractivity contribution is 0.548. The highest BCUT2D eigenvalue weighted by Gasteiger charge is 2.20. The number of nitrogens with one attached hydrogen (secondary N) is 2. The summed E-state index contributed by atoms with van der Waals surface area (Å²) in [4.78, 5) is 9.19. The number of benzene rings is 1. The van der Waals surface area contributed by atoms with Gasteiger partial charge in [0, 0.05) is 30.5 Å². The van der Waals surface area contributed by atoms with Gasteiger partial charge in [-0.2, -0.15) is 5.10 Å². The van der Waals surface area contributed by atoms with E-state index in [0.717, 1.165) is 35.0 Å². The van der Waals surface area contributed by atoms with Crippen LogP contribution in [0.2, 0.25) is 0 Å². The number of nitrogens with zero attached hydrogens (tertiary/aromatic N) is 4. The summed E-state index contributed by atoms with van der Waals surface area (Å²) in [6, 6.07) is 12.1. The van der Waals surface area contributed by atoms with Gasteiger partial charge >= 0.3 is 0 Å². The summed E-state index contributed by atoms with van der Waals surface area (Å²) in [7, 11) is 0. The lowest BCUT2D eigenvalue weighted by Gasteiger charge is -2.12. The molecule has 5 rings (SSSR count). The smallest absolute Gasteiger partial charge is 0.232 e. The zero-order chi connectivity index (χ0) is 22.8. The molecule has 1 aromatic carbocycles. The fourth-order valence-corrected chi connectivity index (χ4v) is 4.52. The van der Waals surface area contributed by atoms with E-state index >= 15 is 0 Å². The van der Waals surface area contributed by atoms with Crippen molar-refractivity contribution >= 4 is 22.7 Å². The molecule has 0 spiro atoms. The minimum atomic E-state index is -2.11. The Bertz CT molecular complexity index is 1300. The molecule has 3 N–H and O–H groups in total. The van der Waals surface area contributed by atoms with Gasteiger partial charge in [-0.05, 0) is 60.9 Å². The minimum Gasteiger partial charge on any atom is -0.351 e. The Balaban J connectivity index is 1.62. The lowest BCUT2D eigenvalue weighted by Crippen LogP contribution is -2.16. The van der Waals surface area contributed by atoms with E-state index in [1.165, 1.54) is 25.0 Å². The molecule has 3 heterocycles. The molecule has 0 bridgehead atoms. The third kappa shape index (κ3) is 4.77. The number of rotatable bonds is 7. The first-order chi connectivity index (χ1) is 16.1. The fourth-order valence-electron chi connectivity index (χ4n) is 4.23. The van der Waals surface area contributed by atoms with Crippen LogP contribution >= 0.6 is 0 Å². The third-order valence-corrected chi connectivity index (χ3v) is 6.21. The first kappa shape index (κ1) is 21.6. The Hall–Kier alpha value is -3.21. The summed E-state index contributed by atoms with van der Waals surface area (Å²) in [6.45, 7) is 0.217. The zero-order valence-corrected chi connectivity index (χ0v) is 18.6. The van der Waals surface area contributed by atoms with Crippen LogP contribution in [0, 0.1) is 5.82 Å². The maximum Gasteiger partial charge on any atom is 0.232 e. The van der Waals surface area contributed by atoms with Gasteiger partial charge in [0.2, 0.25) is 17.2 Å².